The number of aryl methyl sites for hydroxylation is 2. The average Bonchev–Trinajstić information content (AvgIpc) is 2.78. The van der Waals surface area contributed by atoms with E-state index >= 15 is 0 Å². The third kappa shape index (κ3) is 2.11. The summed E-state index contributed by atoms with van der Waals surface area (Å²) in [5.41, 5.74) is 4.67. The number of oxazole rings is 1. The molecule has 0 radical (unpaired) electrons. The van der Waals surface area contributed by atoms with E-state index < -0.39 is 0 Å². The Hall–Kier alpha value is -1.51. The van der Waals surface area contributed by atoms with Crippen molar-refractivity contribution in [2.24, 2.45) is 0 Å². The van der Waals surface area contributed by atoms with Gasteiger partial charge in [-0.1, -0.05) is 29.3 Å². The van der Waals surface area contributed by atoms with Gasteiger partial charge in [0.2, 0.25) is 5.89 Å². The molecule has 1 heterocycles. The quantitative estimate of drug-likeness (QED) is 0.598. The first-order valence-corrected chi connectivity index (χ1v) is 6.64. The highest BCUT2D eigenvalue weighted by Crippen LogP contribution is 2.33. The van der Waals surface area contributed by atoms with E-state index in [9.17, 15) is 0 Å². The van der Waals surface area contributed by atoms with Crippen LogP contribution < -0.4 is 0 Å². The van der Waals surface area contributed by atoms with Crippen molar-refractivity contribution in [3.05, 3.63) is 51.5 Å². The lowest BCUT2D eigenvalue weighted by atomic mass is 10.1. The monoisotopic (exact) mass is 291 g/mol. The summed E-state index contributed by atoms with van der Waals surface area (Å²) in [7, 11) is 0. The zero-order valence-corrected chi connectivity index (χ0v) is 12.0. The number of halogens is 2. The van der Waals surface area contributed by atoms with Crippen LogP contribution in [0.25, 0.3) is 22.6 Å². The second kappa shape index (κ2) is 4.55. The summed E-state index contributed by atoms with van der Waals surface area (Å²) in [5, 5.41) is 1.13. The molecule has 19 heavy (non-hydrogen) atoms. The molecule has 0 bridgehead atoms. The van der Waals surface area contributed by atoms with Crippen molar-refractivity contribution in [3.63, 3.8) is 0 Å². The van der Waals surface area contributed by atoms with Gasteiger partial charge in [-0.25, -0.2) is 4.98 Å². The molecule has 0 saturated heterocycles. The summed E-state index contributed by atoms with van der Waals surface area (Å²) in [5.74, 6) is 0.519. The van der Waals surface area contributed by atoms with E-state index in [0.717, 1.165) is 22.2 Å². The molecule has 0 atom stereocenters. The standard InChI is InChI=1S/C15H11Cl2NO/c1-8-3-6-13-14(9(8)2)19-15(18-13)11-5-4-10(16)7-12(11)17/h3-7H,1-2H3. The minimum absolute atomic E-state index is 0.519. The molecule has 0 aliphatic rings. The van der Waals surface area contributed by atoms with E-state index in [-0.39, 0.29) is 0 Å². The first kappa shape index (κ1) is 12.5. The van der Waals surface area contributed by atoms with Crippen molar-refractivity contribution in [2.75, 3.05) is 0 Å². The Morgan fingerprint density at radius 2 is 1.84 bits per heavy atom. The Morgan fingerprint density at radius 3 is 2.58 bits per heavy atom. The second-order valence-electron chi connectivity index (χ2n) is 4.50. The highest BCUT2D eigenvalue weighted by Gasteiger charge is 2.13. The molecule has 0 unspecified atom stereocenters. The van der Waals surface area contributed by atoms with Crippen LogP contribution in [0.1, 0.15) is 11.1 Å². The van der Waals surface area contributed by atoms with Crippen LogP contribution in [0.2, 0.25) is 10.0 Å². The summed E-state index contributed by atoms with van der Waals surface area (Å²) in [6.45, 7) is 4.07. The lowest BCUT2D eigenvalue weighted by molar-refractivity contribution is 0.617. The van der Waals surface area contributed by atoms with Gasteiger partial charge >= 0.3 is 0 Å². The Kier molecular flexibility index (Phi) is 3.00. The van der Waals surface area contributed by atoms with Gasteiger partial charge < -0.3 is 4.42 Å². The maximum atomic E-state index is 6.18. The molecule has 1 aromatic heterocycles. The normalized spacial score (nSPS) is 11.2. The third-order valence-corrected chi connectivity index (χ3v) is 3.79. The molecule has 96 valence electrons. The van der Waals surface area contributed by atoms with E-state index in [4.69, 9.17) is 27.6 Å². The lowest BCUT2D eigenvalue weighted by Crippen LogP contribution is -1.80. The number of hydrogen-bond donors (Lipinski definition) is 0. The molecule has 0 N–H and O–H groups in total. The largest absolute Gasteiger partial charge is 0.436 e. The highest BCUT2D eigenvalue weighted by molar-refractivity contribution is 6.36. The maximum Gasteiger partial charge on any atom is 0.228 e. The van der Waals surface area contributed by atoms with Crippen LogP contribution in [-0.2, 0) is 0 Å². The van der Waals surface area contributed by atoms with E-state index in [2.05, 4.69) is 4.98 Å². The topological polar surface area (TPSA) is 26.0 Å². The Labute approximate surface area is 121 Å². The van der Waals surface area contributed by atoms with Crippen molar-refractivity contribution < 1.29 is 4.42 Å². The van der Waals surface area contributed by atoms with Gasteiger partial charge in [0.15, 0.2) is 5.58 Å². The smallest absolute Gasteiger partial charge is 0.228 e. The molecule has 2 nitrogen and oxygen atoms in total. The van der Waals surface area contributed by atoms with Gasteiger partial charge in [-0.2, -0.15) is 0 Å². The summed E-state index contributed by atoms with van der Waals surface area (Å²) in [6.07, 6.45) is 0. The van der Waals surface area contributed by atoms with Crippen molar-refractivity contribution in [2.45, 2.75) is 13.8 Å². The molecule has 3 rings (SSSR count). The van der Waals surface area contributed by atoms with Crippen molar-refractivity contribution in [1.82, 2.24) is 4.98 Å². The molecular weight excluding hydrogens is 281 g/mol. The fraction of sp³-hybridized carbons (Fsp3) is 0.133. The molecule has 0 saturated carbocycles. The zero-order chi connectivity index (χ0) is 13.6. The zero-order valence-electron chi connectivity index (χ0n) is 10.5. The van der Waals surface area contributed by atoms with Crippen molar-refractivity contribution in [1.29, 1.82) is 0 Å². The summed E-state index contributed by atoms with van der Waals surface area (Å²) >= 11 is 12.1. The van der Waals surface area contributed by atoms with Gasteiger partial charge in [-0.15, -0.1) is 0 Å². The molecule has 0 spiro atoms. The second-order valence-corrected chi connectivity index (χ2v) is 5.34. The molecule has 0 aliphatic heterocycles. The van der Waals surface area contributed by atoms with Gasteiger partial charge in [0.1, 0.15) is 5.52 Å². The molecule has 4 heteroatoms. The lowest BCUT2D eigenvalue weighted by Gasteiger charge is -1.99. The van der Waals surface area contributed by atoms with Crippen molar-refractivity contribution >= 4 is 34.3 Å². The van der Waals surface area contributed by atoms with Crippen LogP contribution in [0.4, 0.5) is 0 Å². The minimum atomic E-state index is 0.519. The number of nitrogens with zero attached hydrogens (tertiary/aromatic N) is 1. The number of benzene rings is 2. The summed E-state index contributed by atoms with van der Waals surface area (Å²) in [4.78, 5) is 4.48. The van der Waals surface area contributed by atoms with Crippen LogP contribution in [0.5, 0.6) is 0 Å². The Balaban J connectivity index is 2.23. The fourth-order valence-electron chi connectivity index (χ4n) is 2.00. The van der Waals surface area contributed by atoms with Crippen LogP contribution in [-0.4, -0.2) is 4.98 Å². The minimum Gasteiger partial charge on any atom is -0.436 e. The third-order valence-electron chi connectivity index (χ3n) is 3.24. The number of hydrogen-bond acceptors (Lipinski definition) is 2. The Bertz CT molecular complexity index is 777. The van der Waals surface area contributed by atoms with Crippen LogP contribution in [0.3, 0.4) is 0 Å². The molecule has 0 fully saturated rings. The summed E-state index contributed by atoms with van der Waals surface area (Å²) in [6, 6.07) is 9.26. The maximum absolute atomic E-state index is 6.18. The van der Waals surface area contributed by atoms with Crippen LogP contribution in [0, 0.1) is 13.8 Å². The van der Waals surface area contributed by atoms with E-state index in [1.54, 1.807) is 12.1 Å². The number of rotatable bonds is 1. The van der Waals surface area contributed by atoms with E-state index in [1.165, 1.54) is 5.56 Å². The molecule has 0 amide bonds. The van der Waals surface area contributed by atoms with Crippen LogP contribution >= 0.6 is 23.2 Å². The van der Waals surface area contributed by atoms with Gasteiger partial charge in [0.25, 0.3) is 0 Å². The molecule has 2 aromatic carbocycles. The SMILES string of the molecule is Cc1ccc2nc(-c3ccc(Cl)cc3Cl)oc2c1C. The molecule has 3 aromatic rings. The van der Waals surface area contributed by atoms with E-state index in [1.807, 2.05) is 32.0 Å². The van der Waals surface area contributed by atoms with E-state index in [0.29, 0.717) is 15.9 Å². The van der Waals surface area contributed by atoms with Gasteiger partial charge in [-0.05, 0) is 49.2 Å². The van der Waals surface area contributed by atoms with Gasteiger partial charge in [0, 0.05) is 5.02 Å². The summed E-state index contributed by atoms with van der Waals surface area (Å²) < 4.78 is 5.85. The number of aromatic nitrogens is 1. The fourth-order valence-corrected chi connectivity index (χ4v) is 2.49. The van der Waals surface area contributed by atoms with Crippen molar-refractivity contribution in [3.8, 4) is 11.5 Å². The Morgan fingerprint density at radius 1 is 1.05 bits per heavy atom. The highest BCUT2D eigenvalue weighted by atomic mass is 35.5. The number of fused-ring (bicyclic) bond motifs is 1. The van der Waals surface area contributed by atoms with Gasteiger partial charge in [-0.3, -0.25) is 0 Å². The molecular formula is C15H11Cl2NO. The predicted octanol–water partition coefficient (Wildman–Crippen LogP) is 5.42. The van der Waals surface area contributed by atoms with Gasteiger partial charge in [0.05, 0.1) is 10.6 Å². The molecule has 0 aliphatic carbocycles. The average molecular weight is 292 g/mol. The van der Waals surface area contributed by atoms with Crippen LogP contribution in [0.15, 0.2) is 34.7 Å². The predicted molar refractivity (Wildman–Crippen MR) is 78.9 cm³/mol. The first-order valence-electron chi connectivity index (χ1n) is 5.88. The first-order chi connectivity index (χ1) is 9.06.